The summed E-state index contributed by atoms with van der Waals surface area (Å²) in [6.45, 7) is 0.763. The van der Waals surface area contributed by atoms with Gasteiger partial charge in [-0.15, -0.1) is 0 Å². The van der Waals surface area contributed by atoms with Crippen molar-refractivity contribution in [3.8, 4) is 0 Å². The van der Waals surface area contributed by atoms with Gasteiger partial charge in [-0.1, -0.05) is 30.3 Å². The number of carbonyl (C=O) groups excluding carboxylic acids is 2. The zero-order valence-electron chi connectivity index (χ0n) is 13.4. The van der Waals surface area contributed by atoms with Crippen LogP contribution in [0, 0.1) is 0 Å². The molecule has 6 heteroatoms. The van der Waals surface area contributed by atoms with Gasteiger partial charge >= 0.3 is 6.09 Å². The molecular formula is C18H19N3O3. The molecule has 2 aromatic rings. The van der Waals surface area contributed by atoms with E-state index in [1.54, 1.807) is 6.20 Å². The first-order valence-electron chi connectivity index (χ1n) is 7.80. The lowest BCUT2D eigenvalue weighted by molar-refractivity contribution is -0.126. The fourth-order valence-corrected chi connectivity index (χ4v) is 2.94. The highest BCUT2D eigenvalue weighted by atomic mass is 16.5. The molecule has 0 radical (unpaired) electrons. The summed E-state index contributed by atoms with van der Waals surface area (Å²) in [4.78, 5) is 30.5. The number of carbonyl (C=O) groups is 2. The molecule has 0 saturated heterocycles. The van der Waals surface area contributed by atoms with Crippen molar-refractivity contribution < 1.29 is 14.3 Å². The summed E-state index contributed by atoms with van der Waals surface area (Å²) in [6, 6.07) is 12.5. The van der Waals surface area contributed by atoms with Crippen molar-refractivity contribution in [1.82, 2.24) is 15.2 Å². The fourth-order valence-electron chi connectivity index (χ4n) is 2.94. The number of nitrogens with one attached hydrogen (secondary N) is 1. The molecule has 24 heavy (non-hydrogen) atoms. The summed E-state index contributed by atoms with van der Waals surface area (Å²) in [6.07, 6.45) is 1.88. The van der Waals surface area contributed by atoms with Crippen molar-refractivity contribution in [3.05, 3.63) is 65.5 Å². The van der Waals surface area contributed by atoms with E-state index in [1.807, 2.05) is 42.5 Å². The van der Waals surface area contributed by atoms with Gasteiger partial charge in [0.25, 0.3) is 0 Å². The van der Waals surface area contributed by atoms with Crippen molar-refractivity contribution in [2.24, 2.45) is 0 Å². The maximum Gasteiger partial charge on any atom is 0.410 e. The molecule has 1 atom stereocenters. The van der Waals surface area contributed by atoms with E-state index in [0.29, 0.717) is 19.5 Å². The van der Waals surface area contributed by atoms with Crippen molar-refractivity contribution in [1.29, 1.82) is 0 Å². The van der Waals surface area contributed by atoms with Gasteiger partial charge in [-0.25, -0.2) is 4.79 Å². The van der Waals surface area contributed by atoms with Gasteiger partial charge in [-0.2, -0.15) is 0 Å². The Kier molecular flexibility index (Phi) is 4.74. The zero-order valence-corrected chi connectivity index (χ0v) is 13.4. The maximum atomic E-state index is 12.8. The molecule has 6 nitrogen and oxygen atoms in total. The Labute approximate surface area is 140 Å². The third kappa shape index (κ3) is 3.22. The molecule has 0 fully saturated rings. The quantitative estimate of drug-likeness (QED) is 0.938. The summed E-state index contributed by atoms with van der Waals surface area (Å²) < 4.78 is 4.84. The molecule has 0 saturated carbocycles. The highest BCUT2D eigenvalue weighted by Crippen LogP contribution is 2.30. The fraction of sp³-hybridized carbons (Fsp3) is 0.278. The van der Waals surface area contributed by atoms with Gasteiger partial charge in [0.05, 0.1) is 19.3 Å². The van der Waals surface area contributed by atoms with Gasteiger partial charge < -0.3 is 10.1 Å². The van der Waals surface area contributed by atoms with Crippen LogP contribution in [0.1, 0.15) is 22.9 Å². The molecule has 1 aliphatic rings. The topological polar surface area (TPSA) is 71.5 Å². The molecule has 0 unspecified atom stereocenters. The number of hydrogen-bond donors (Lipinski definition) is 1. The predicted octanol–water partition coefficient (Wildman–Crippen LogP) is 2.06. The zero-order chi connectivity index (χ0) is 16.9. The van der Waals surface area contributed by atoms with Crippen molar-refractivity contribution >= 4 is 12.0 Å². The number of pyridine rings is 1. The maximum absolute atomic E-state index is 12.8. The Bertz CT molecular complexity index is 733. The lowest BCUT2D eigenvalue weighted by Crippen LogP contribution is -2.47. The van der Waals surface area contributed by atoms with Crippen LogP contribution in [-0.2, 0) is 22.5 Å². The van der Waals surface area contributed by atoms with Gasteiger partial charge in [0.1, 0.15) is 6.04 Å². The highest BCUT2D eigenvalue weighted by Gasteiger charge is 2.36. The third-order valence-corrected chi connectivity index (χ3v) is 4.11. The van der Waals surface area contributed by atoms with Crippen LogP contribution in [0.2, 0.25) is 0 Å². The highest BCUT2D eigenvalue weighted by molar-refractivity contribution is 5.87. The van der Waals surface area contributed by atoms with Crippen LogP contribution in [0.25, 0.3) is 0 Å². The minimum Gasteiger partial charge on any atom is -0.453 e. The molecule has 2 heterocycles. The van der Waals surface area contributed by atoms with Gasteiger partial charge in [0, 0.05) is 12.7 Å². The van der Waals surface area contributed by atoms with Gasteiger partial charge in [-0.05, 0) is 29.7 Å². The minimum atomic E-state index is -0.689. The van der Waals surface area contributed by atoms with Crippen LogP contribution in [-0.4, -0.2) is 35.5 Å². The Morgan fingerprint density at radius 1 is 1.25 bits per heavy atom. The summed E-state index contributed by atoms with van der Waals surface area (Å²) >= 11 is 0. The van der Waals surface area contributed by atoms with E-state index in [2.05, 4.69) is 10.3 Å². The molecule has 124 valence electrons. The SMILES string of the molecule is COC(=O)N1CCc2ccccc2[C@H]1C(=O)NCc1ccccn1. The number of rotatable bonds is 3. The first kappa shape index (κ1) is 16.0. The van der Waals surface area contributed by atoms with E-state index >= 15 is 0 Å². The third-order valence-electron chi connectivity index (χ3n) is 4.11. The number of hydrogen-bond acceptors (Lipinski definition) is 4. The van der Waals surface area contributed by atoms with Crippen molar-refractivity contribution in [2.75, 3.05) is 13.7 Å². The van der Waals surface area contributed by atoms with Crippen LogP contribution >= 0.6 is 0 Å². The minimum absolute atomic E-state index is 0.238. The Morgan fingerprint density at radius 2 is 2.04 bits per heavy atom. The lowest BCUT2D eigenvalue weighted by atomic mass is 9.92. The molecule has 0 bridgehead atoms. The second kappa shape index (κ2) is 7.12. The van der Waals surface area contributed by atoms with E-state index in [0.717, 1.165) is 16.8 Å². The van der Waals surface area contributed by atoms with Crippen LogP contribution in [0.15, 0.2) is 48.7 Å². The van der Waals surface area contributed by atoms with Crippen LogP contribution < -0.4 is 5.32 Å². The smallest absolute Gasteiger partial charge is 0.410 e. The van der Waals surface area contributed by atoms with Gasteiger partial charge in [0.2, 0.25) is 5.91 Å². The summed E-state index contributed by atoms with van der Waals surface area (Å²) in [7, 11) is 1.33. The normalized spacial score (nSPS) is 16.2. The standard InChI is InChI=1S/C18H19N3O3/c1-24-18(23)21-11-9-13-6-2-3-8-15(13)16(21)17(22)20-12-14-7-4-5-10-19-14/h2-8,10,16H,9,11-12H2,1H3,(H,20,22)/t16-/m0/s1. The Hall–Kier alpha value is -2.89. The molecule has 0 aliphatic carbocycles. The molecule has 1 aromatic carbocycles. The average Bonchev–Trinajstić information content (AvgIpc) is 2.65. The van der Waals surface area contributed by atoms with E-state index in [4.69, 9.17) is 4.74 Å². The number of fused-ring (bicyclic) bond motifs is 1. The molecule has 1 aliphatic heterocycles. The van der Waals surface area contributed by atoms with Gasteiger partial charge in [-0.3, -0.25) is 14.7 Å². The monoisotopic (exact) mass is 325 g/mol. The van der Waals surface area contributed by atoms with E-state index < -0.39 is 12.1 Å². The summed E-state index contributed by atoms with van der Waals surface area (Å²) in [5, 5.41) is 2.87. The molecular weight excluding hydrogens is 306 g/mol. The molecule has 1 N–H and O–H groups in total. The van der Waals surface area contributed by atoms with Crippen molar-refractivity contribution in [2.45, 2.75) is 19.0 Å². The number of aromatic nitrogens is 1. The molecule has 1 aromatic heterocycles. The van der Waals surface area contributed by atoms with Crippen molar-refractivity contribution in [3.63, 3.8) is 0 Å². The van der Waals surface area contributed by atoms with E-state index in [9.17, 15) is 9.59 Å². The average molecular weight is 325 g/mol. The second-order valence-electron chi connectivity index (χ2n) is 5.55. The number of benzene rings is 1. The molecule has 2 amide bonds. The van der Waals surface area contributed by atoms with Crippen LogP contribution in [0.4, 0.5) is 4.79 Å². The first-order chi connectivity index (χ1) is 11.7. The van der Waals surface area contributed by atoms with Gasteiger partial charge in [0.15, 0.2) is 0 Å². The van der Waals surface area contributed by atoms with E-state index in [-0.39, 0.29) is 5.91 Å². The van der Waals surface area contributed by atoms with Crippen LogP contribution in [0.5, 0.6) is 0 Å². The summed E-state index contributed by atoms with van der Waals surface area (Å²) in [5.74, 6) is -0.238. The first-order valence-corrected chi connectivity index (χ1v) is 7.80. The largest absolute Gasteiger partial charge is 0.453 e. The number of amides is 2. The summed E-state index contributed by atoms with van der Waals surface area (Å²) in [5.41, 5.74) is 2.68. The number of methoxy groups -OCH3 is 1. The second-order valence-corrected chi connectivity index (χ2v) is 5.55. The van der Waals surface area contributed by atoms with E-state index in [1.165, 1.54) is 12.0 Å². The molecule has 0 spiro atoms. The van der Waals surface area contributed by atoms with Crippen LogP contribution in [0.3, 0.4) is 0 Å². The number of nitrogens with zero attached hydrogens (tertiary/aromatic N) is 2. The lowest BCUT2D eigenvalue weighted by Gasteiger charge is -2.35. The Balaban J connectivity index is 1.83. The Morgan fingerprint density at radius 3 is 2.79 bits per heavy atom. The number of ether oxygens (including phenoxy) is 1. The predicted molar refractivity (Wildman–Crippen MR) is 88.1 cm³/mol. The molecule has 3 rings (SSSR count).